The van der Waals surface area contributed by atoms with Gasteiger partial charge in [-0.2, -0.15) is 21.6 Å². The number of ether oxygens (including phenoxy) is 2. The van der Waals surface area contributed by atoms with Crippen LogP contribution in [0.4, 0.5) is 13.2 Å². The Morgan fingerprint density at radius 3 is 2.44 bits per heavy atom. The van der Waals surface area contributed by atoms with Gasteiger partial charge in [-0.05, 0) is 18.2 Å². The van der Waals surface area contributed by atoms with Gasteiger partial charge in [-0.25, -0.2) is 0 Å². The van der Waals surface area contributed by atoms with Crippen LogP contribution in [0, 0.1) is 0 Å². The maximum Gasteiger partial charge on any atom is 0.534 e. The van der Waals surface area contributed by atoms with Gasteiger partial charge < -0.3 is 13.7 Å². The first-order valence-electron chi connectivity index (χ1n) is 7.07. The lowest BCUT2D eigenvalue weighted by molar-refractivity contribution is -0.0500. The molecule has 0 saturated carbocycles. The fourth-order valence-corrected chi connectivity index (χ4v) is 2.60. The molecule has 1 aromatic carbocycles. The molecule has 0 unspecified atom stereocenters. The van der Waals surface area contributed by atoms with Gasteiger partial charge in [0.25, 0.3) is 0 Å². The summed E-state index contributed by atoms with van der Waals surface area (Å²) in [6, 6.07) is 8.54. The Labute approximate surface area is 141 Å². The van der Waals surface area contributed by atoms with Crippen LogP contribution >= 0.6 is 0 Å². The molecule has 0 atom stereocenters. The molecule has 25 heavy (non-hydrogen) atoms. The van der Waals surface area contributed by atoms with Gasteiger partial charge in [0.05, 0.1) is 18.9 Å². The van der Waals surface area contributed by atoms with E-state index in [1.165, 1.54) is 12.3 Å². The molecule has 1 aromatic heterocycles. The molecule has 1 fully saturated rings. The highest BCUT2D eigenvalue weighted by molar-refractivity contribution is 7.88. The molecule has 1 aliphatic rings. The van der Waals surface area contributed by atoms with Gasteiger partial charge in [0.2, 0.25) is 0 Å². The number of hydrogen-bond acceptors (Lipinski definition) is 6. The van der Waals surface area contributed by atoms with E-state index in [9.17, 15) is 21.6 Å². The first kappa shape index (κ1) is 17.6. The Kier molecular flexibility index (Phi) is 4.67. The predicted octanol–water partition coefficient (Wildman–Crippen LogP) is 3.02. The number of nitrogens with zero attached hydrogens (tertiary/aromatic N) is 1. The number of benzene rings is 1. The van der Waals surface area contributed by atoms with Gasteiger partial charge in [-0.15, -0.1) is 0 Å². The third-order valence-electron chi connectivity index (χ3n) is 3.30. The number of hydrogen-bond donors (Lipinski definition) is 0. The van der Waals surface area contributed by atoms with Crippen molar-refractivity contribution in [3.05, 3.63) is 48.2 Å². The van der Waals surface area contributed by atoms with E-state index >= 15 is 0 Å². The molecule has 0 radical (unpaired) electrons. The van der Waals surface area contributed by atoms with E-state index in [1.807, 2.05) is 0 Å². The summed E-state index contributed by atoms with van der Waals surface area (Å²) in [4.78, 5) is 4.19. The second-order valence-corrected chi connectivity index (χ2v) is 6.60. The summed E-state index contributed by atoms with van der Waals surface area (Å²) in [6.07, 6.45) is 1.03. The maximum atomic E-state index is 12.4. The summed E-state index contributed by atoms with van der Waals surface area (Å²) in [7, 11) is -5.72. The average Bonchev–Trinajstić information content (AvgIpc) is 3.08. The van der Waals surface area contributed by atoms with Crippen LogP contribution in [0.2, 0.25) is 0 Å². The van der Waals surface area contributed by atoms with E-state index in [-0.39, 0.29) is 0 Å². The van der Waals surface area contributed by atoms with Gasteiger partial charge in [0.15, 0.2) is 6.29 Å². The number of pyridine rings is 1. The van der Waals surface area contributed by atoms with Gasteiger partial charge in [-0.1, -0.05) is 18.2 Å². The minimum absolute atomic E-state index is 0.398. The number of alkyl halides is 3. The van der Waals surface area contributed by atoms with Crippen molar-refractivity contribution >= 4 is 10.1 Å². The zero-order chi connectivity index (χ0) is 18.1. The number of aromatic nitrogens is 1. The van der Waals surface area contributed by atoms with Crippen LogP contribution in [0.15, 0.2) is 42.6 Å². The zero-order valence-corrected chi connectivity index (χ0v) is 13.4. The fraction of sp³-hybridized carbons (Fsp3) is 0.267. The predicted molar refractivity (Wildman–Crippen MR) is 79.9 cm³/mol. The van der Waals surface area contributed by atoms with E-state index in [0.29, 0.717) is 30.0 Å². The number of rotatable bonds is 4. The van der Waals surface area contributed by atoms with Gasteiger partial charge in [-0.3, -0.25) is 4.98 Å². The minimum Gasteiger partial charge on any atom is -0.376 e. The molecule has 1 aliphatic heterocycles. The standard InChI is InChI=1S/C15H12F3NO5S/c16-15(17,18)25(20,21)24-12-3-1-2-10(8-12)13-5-4-11(9-19-13)14-22-6-7-23-14/h1-5,8-9,14H,6-7H2. The molecule has 1 saturated heterocycles. The molecule has 3 rings (SSSR count). The molecule has 6 nitrogen and oxygen atoms in total. The SMILES string of the molecule is O=S(=O)(Oc1cccc(-c2ccc(C3OCCO3)cn2)c1)C(F)(F)F. The van der Waals surface area contributed by atoms with Crippen molar-refractivity contribution < 1.29 is 35.2 Å². The molecule has 0 amide bonds. The summed E-state index contributed by atoms with van der Waals surface area (Å²) in [5, 5.41) is 0. The topological polar surface area (TPSA) is 74.7 Å². The van der Waals surface area contributed by atoms with Gasteiger partial charge in [0, 0.05) is 17.3 Å². The Hall–Kier alpha value is -2.17. The Morgan fingerprint density at radius 1 is 1.12 bits per heavy atom. The van der Waals surface area contributed by atoms with Gasteiger partial charge >= 0.3 is 15.6 Å². The second-order valence-electron chi connectivity index (χ2n) is 5.06. The lowest BCUT2D eigenvalue weighted by Crippen LogP contribution is -2.28. The monoisotopic (exact) mass is 375 g/mol. The van der Waals surface area contributed by atoms with Crippen LogP contribution in [0.25, 0.3) is 11.3 Å². The third-order valence-corrected chi connectivity index (χ3v) is 4.28. The maximum absolute atomic E-state index is 12.4. The lowest BCUT2D eigenvalue weighted by Gasteiger charge is -2.11. The second kappa shape index (κ2) is 6.62. The highest BCUT2D eigenvalue weighted by Crippen LogP contribution is 2.30. The molecule has 2 aromatic rings. The molecular weight excluding hydrogens is 363 g/mol. The molecule has 0 aliphatic carbocycles. The minimum atomic E-state index is -5.72. The van der Waals surface area contributed by atoms with Crippen molar-refractivity contribution in [2.24, 2.45) is 0 Å². The number of halogens is 3. The summed E-state index contributed by atoms with van der Waals surface area (Å²) < 4.78 is 74.1. The van der Waals surface area contributed by atoms with Crippen LogP contribution in [-0.4, -0.2) is 32.1 Å². The van der Waals surface area contributed by atoms with Crippen LogP contribution < -0.4 is 4.18 Å². The quantitative estimate of drug-likeness (QED) is 0.604. The third kappa shape index (κ3) is 3.91. The fourth-order valence-electron chi connectivity index (χ4n) is 2.15. The summed E-state index contributed by atoms with van der Waals surface area (Å²) in [6.45, 7) is 0.971. The molecule has 0 N–H and O–H groups in total. The summed E-state index contributed by atoms with van der Waals surface area (Å²) >= 11 is 0. The Balaban J connectivity index is 1.82. The Bertz CT molecular complexity index is 846. The Morgan fingerprint density at radius 2 is 1.84 bits per heavy atom. The summed E-state index contributed by atoms with van der Waals surface area (Å²) in [5.41, 5.74) is -3.97. The van der Waals surface area contributed by atoms with Crippen LogP contribution in [-0.2, 0) is 19.6 Å². The van der Waals surface area contributed by atoms with Crippen LogP contribution in [0.5, 0.6) is 5.75 Å². The van der Waals surface area contributed by atoms with Crippen LogP contribution in [0.3, 0.4) is 0 Å². The van der Waals surface area contributed by atoms with Crippen molar-refractivity contribution in [1.82, 2.24) is 4.98 Å². The largest absolute Gasteiger partial charge is 0.534 e. The molecule has 134 valence electrons. The molecule has 10 heteroatoms. The lowest BCUT2D eigenvalue weighted by atomic mass is 10.1. The van der Waals surface area contributed by atoms with E-state index in [1.54, 1.807) is 18.2 Å². The summed E-state index contributed by atoms with van der Waals surface area (Å²) in [5.74, 6) is -0.455. The van der Waals surface area contributed by atoms with Crippen molar-refractivity contribution in [1.29, 1.82) is 0 Å². The van der Waals surface area contributed by atoms with E-state index in [2.05, 4.69) is 9.17 Å². The van der Waals surface area contributed by atoms with Crippen molar-refractivity contribution in [3.63, 3.8) is 0 Å². The van der Waals surface area contributed by atoms with Crippen molar-refractivity contribution in [2.75, 3.05) is 13.2 Å². The van der Waals surface area contributed by atoms with Gasteiger partial charge in [0.1, 0.15) is 5.75 Å². The first-order chi connectivity index (χ1) is 11.8. The molecule has 0 spiro atoms. The molecular formula is C15H12F3NO5S. The van der Waals surface area contributed by atoms with E-state index in [0.717, 1.165) is 12.1 Å². The first-order valence-corrected chi connectivity index (χ1v) is 8.47. The zero-order valence-electron chi connectivity index (χ0n) is 12.6. The van der Waals surface area contributed by atoms with Crippen molar-refractivity contribution in [2.45, 2.75) is 11.8 Å². The van der Waals surface area contributed by atoms with Crippen molar-refractivity contribution in [3.8, 4) is 17.0 Å². The highest BCUT2D eigenvalue weighted by atomic mass is 32.2. The molecule has 0 bridgehead atoms. The van der Waals surface area contributed by atoms with Crippen LogP contribution in [0.1, 0.15) is 11.9 Å². The normalized spacial score (nSPS) is 16.1. The van der Waals surface area contributed by atoms with E-state index < -0.39 is 27.7 Å². The van der Waals surface area contributed by atoms with E-state index in [4.69, 9.17) is 9.47 Å². The highest BCUT2D eigenvalue weighted by Gasteiger charge is 2.48. The average molecular weight is 375 g/mol. The molecule has 2 heterocycles. The smallest absolute Gasteiger partial charge is 0.376 e.